The lowest BCUT2D eigenvalue weighted by atomic mass is 9.79. The van der Waals surface area contributed by atoms with Crippen LogP contribution in [0.4, 0.5) is 0 Å². The van der Waals surface area contributed by atoms with Crippen LogP contribution in [0.3, 0.4) is 0 Å². The number of ether oxygens (including phenoxy) is 3. The first kappa shape index (κ1) is 13.4. The van der Waals surface area contributed by atoms with E-state index in [1.165, 1.54) is 0 Å². The van der Waals surface area contributed by atoms with Gasteiger partial charge >= 0.3 is 5.97 Å². The molecule has 1 fully saturated rings. The standard InChI is InChI=1S/C11H20O5/c1-9-11(10(12)13,4-6-16-9)3-5-15-8-7-14-2/h9H,3-8H2,1-2H3,(H,12,13). The van der Waals surface area contributed by atoms with Gasteiger partial charge in [-0.25, -0.2) is 0 Å². The highest BCUT2D eigenvalue weighted by Gasteiger charge is 2.47. The molecule has 0 aromatic heterocycles. The molecule has 1 aliphatic heterocycles. The van der Waals surface area contributed by atoms with Crippen molar-refractivity contribution in [1.29, 1.82) is 0 Å². The molecule has 16 heavy (non-hydrogen) atoms. The second kappa shape index (κ2) is 6.18. The van der Waals surface area contributed by atoms with E-state index in [-0.39, 0.29) is 6.10 Å². The molecule has 0 radical (unpaired) electrons. The monoisotopic (exact) mass is 232 g/mol. The maximum absolute atomic E-state index is 11.3. The molecule has 0 saturated carbocycles. The number of hydrogen-bond acceptors (Lipinski definition) is 4. The quantitative estimate of drug-likeness (QED) is 0.661. The Kier molecular flexibility index (Phi) is 5.18. The summed E-state index contributed by atoms with van der Waals surface area (Å²) >= 11 is 0. The van der Waals surface area contributed by atoms with Gasteiger partial charge in [-0.2, -0.15) is 0 Å². The smallest absolute Gasteiger partial charge is 0.312 e. The number of rotatable bonds is 7. The summed E-state index contributed by atoms with van der Waals surface area (Å²) in [6, 6.07) is 0. The molecule has 5 heteroatoms. The van der Waals surface area contributed by atoms with Crippen molar-refractivity contribution in [3.8, 4) is 0 Å². The Morgan fingerprint density at radius 1 is 1.50 bits per heavy atom. The third-order valence-electron chi connectivity index (χ3n) is 3.24. The predicted molar refractivity (Wildman–Crippen MR) is 57.4 cm³/mol. The fourth-order valence-electron chi connectivity index (χ4n) is 2.00. The number of carbonyl (C=O) groups is 1. The summed E-state index contributed by atoms with van der Waals surface area (Å²) < 4.78 is 15.5. The summed E-state index contributed by atoms with van der Waals surface area (Å²) in [5.41, 5.74) is -0.771. The van der Waals surface area contributed by atoms with Crippen LogP contribution in [-0.2, 0) is 19.0 Å². The van der Waals surface area contributed by atoms with Crippen molar-refractivity contribution in [2.75, 3.05) is 33.5 Å². The predicted octanol–water partition coefficient (Wildman–Crippen LogP) is 0.919. The van der Waals surface area contributed by atoms with E-state index in [9.17, 15) is 9.90 Å². The van der Waals surface area contributed by atoms with Crippen LogP contribution in [0.5, 0.6) is 0 Å². The molecule has 1 aliphatic rings. The number of aliphatic carboxylic acids is 1. The van der Waals surface area contributed by atoms with Gasteiger partial charge in [0, 0.05) is 20.3 Å². The molecule has 1 saturated heterocycles. The maximum Gasteiger partial charge on any atom is 0.312 e. The first-order chi connectivity index (χ1) is 7.63. The van der Waals surface area contributed by atoms with Crippen molar-refractivity contribution < 1.29 is 24.1 Å². The maximum atomic E-state index is 11.3. The van der Waals surface area contributed by atoms with E-state index < -0.39 is 11.4 Å². The zero-order valence-electron chi connectivity index (χ0n) is 9.90. The zero-order chi connectivity index (χ0) is 12.0. The molecule has 0 bridgehead atoms. The third-order valence-corrected chi connectivity index (χ3v) is 3.24. The number of methoxy groups -OCH3 is 1. The largest absolute Gasteiger partial charge is 0.481 e. The average Bonchev–Trinajstić information content (AvgIpc) is 2.61. The molecule has 94 valence electrons. The molecule has 5 nitrogen and oxygen atoms in total. The zero-order valence-corrected chi connectivity index (χ0v) is 9.90. The van der Waals surface area contributed by atoms with Crippen LogP contribution in [0.2, 0.25) is 0 Å². The van der Waals surface area contributed by atoms with Gasteiger partial charge in [-0.15, -0.1) is 0 Å². The first-order valence-corrected chi connectivity index (χ1v) is 5.55. The van der Waals surface area contributed by atoms with E-state index in [0.717, 1.165) is 0 Å². The van der Waals surface area contributed by atoms with Crippen molar-refractivity contribution in [1.82, 2.24) is 0 Å². The van der Waals surface area contributed by atoms with E-state index in [1.54, 1.807) is 7.11 Å². The van der Waals surface area contributed by atoms with E-state index >= 15 is 0 Å². The van der Waals surface area contributed by atoms with Gasteiger partial charge in [0.15, 0.2) is 0 Å². The van der Waals surface area contributed by atoms with Crippen molar-refractivity contribution in [3.05, 3.63) is 0 Å². The molecule has 0 spiro atoms. The number of carboxylic acid groups (broad SMARTS) is 1. The van der Waals surface area contributed by atoms with Gasteiger partial charge in [-0.1, -0.05) is 0 Å². The van der Waals surface area contributed by atoms with E-state index in [4.69, 9.17) is 14.2 Å². The number of carboxylic acids is 1. The van der Waals surface area contributed by atoms with Crippen molar-refractivity contribution in [3.63, 3.8) is 0 Å². The fraction of sp³-hybridized carbons (Fsp3) is 0.909. The van der Waals surface area contributed by atoms with E-state index in [1.807, 2.05) is 6.92 Å². The second-order valence-corrected chi connectivity index (χ2v) is 4.08. The Balaban J connectivity index is 2.38. The highest BCUT2D eigenvalue weighted by Crippen LogP contribution is 2.38. The highest BCUT2D eigenvalue weighted by molar-refractivity contribution is 5.75. The van der Waals surface area contributed by atoms with E-state index in [2.05, 4.69) is 0 Å². The second-order valence-electron chi connectivity index (χ2n) is 4.08. The summed E-state index contributed by atoms with van der Waals surface area (Å²) in [5.74, 6) is -0.784. The van der Waals surface area contributed by atoms with Crippen molar-refractivity contribution >= 4 is 5.97 Å². The van der Waals surface area contributed by atoms with Gasteiger partial charge in [0.1, 0.15) is 0 Å². The van der Waals surface area contributed by atoms with Crippen LogP contribution < -0.4 is 0 Å². The molecule has 2 atom stereocenters. The van der Waals surface area contributed by atoms with Crippen molar-refractivity contribution in [2.24, 2.45) is 5.41 Å². The average molecular weight is 232 g/mol. The lowest BCUT2D eigenvalue weighted by molar-refractivity contribution is -0.153. The minimum Gasteiger partial charge on any atom is -0.481 e. The summed E-state index contributed by atoms with van der Waals surface area (Å²) in [5, 5.41) is 9.28. The highest BCUT2D eigenvalue weighted by atomic mass is 16.5. The van der Waals surface area contributed by atoms with Crippen LogP contribution in [0.25, 0.3) is 0 Å². The molecular formula is C11H20O5. The summed E-state index contributed by atoms with van der Waals surface area (Å²) in [7, 11) is 1.61. The van der Waals surface area contributed by atoms with Gasteiger partial charge < -0.3 is 19.3 Å². The summed E-state index contributed by atoms with van der Waals surface area (Å²) in [4.78, 5) is 11.3. The molecule has 0 aliphatic carbocycles. The fourth-order valence-corrected chi connectivity index (χ4v) is 2.00. The molecule has 1 N–H and O–H groups in total. The van der Waals surface area contributed by atoms with Gasteiger partial charge in [0.25, 0.3) is 0 Å². The summed E-state index contributed by atoms with van der Waals surface area (Å²) in [6.45, 7) is 3.80. The first-order valence-electron chi connectivity index (χ1n) is 5.55. The van der Waals surface area contributed by atoms with Crippen LogP contribution in [0.15, 0.2) is 0 Å². The SMILES string of the molecule is COCCOCCC1(C(=O)O)CCOC1C. The topological polar surface area (TPSA) is 65.0 Å². The minimum absolute atomic E-state index is 0.240. The lowest BCUT2D eigenvalue weighted by Gasteiger charge is -2.27. The molecule has 0 amide bonds. The van der Waals surface area contributed by atoms with Gasteiger partial charge in [0.05, 0.1) is 24.7 Å². The van der Waals surface area contributed by atoms with Crippen LogP contribution in [-0.4, -0.2) is 50.7 Å². The Morgan fingerprint density at radius 3 is 2.75 bits per heavy atom. The summed E-state index contributed by atoms with van der Waals surface area (Å²) in [6.07, 6.45) is 0.820. The molecule has 0 aromatic rings. The molecule has 0 aromatic carbocycles. The Morgan fingerprint density at radius 2 is 2.25 bits per heavy atom. The minimum atomic E-state index is -0.784. The third kappa shape index (κ3) is 2.93. The lowest BCUT2D eigenvalue weighted by Crippen LogP contribution is -2.38. The number of hydrogen-bond donors (Lipinski definition) is 1. The Bertz CT molecular complexity index is 230. The molecule has 1 heterocycles. The molecule has 1 rings (SSSR count). The van der Waals surface area contributed by atoms with Gasteiger partial charge in [-0.05, 0) is 19.8 Å². The van der Waals surface area contributed by atoms with E-state index in [0.29, 0.717) is 39.3 Å². The Labute approximate surface area is 95.7 Å². The Hall–Kier alpha value is -0.650. The van der Waals surface area contributed by atoms with Crippen LogP contribution in [0.1, 0.15) is 19.8 Å². The van der Waals surface area contributed by atoms with Gasteiger partial charge in [0.2, 0.25) is 0 Å². The molecule has 2 unspecified atom stereocenters. The van der Waals surface area contributed by atoms with Crippen LogP contribution in [0, 0.1) is 5.41 Å². The van der Waals surface area contributed by atoms with Crippen LogP contribution >= 0.6 is 0 Å². The molecular weight excluding hydrogens is 212 g/mol. The van der Waals surface area contributed by atoms with Crippen molar-refractivity contribution in [2.45, 2.75) is 25.9 Å². The normalized spacial score (nSPS) is 29.5. The van der Waals surface area contributed by atoms with Gasteiger partial charge in [-0.3, -0.25) is 4.79 Å².